The second kappa shape index (κ2) is 6.24. The van der Waals surface area contributed by atoms with Gasteiger partial charge in [-0.05, 0) is 50.0 Å². The Morgan fingerprint density at radius 1 is 1.68 bits per heavy atom. The molecule has 5 nitrogen and oxygen atoms in total. The Hall–Kier alpha value is -1.62. The number of nitrogens with zero attached hydrogens (tertiary/aromatic N) is 2. The number of carbonyl (C=O) groups is 1. The number of hydrogen-bond acceptors (Lipinski definition) is 4. The number of carbonyl (C=O) groups excluding carboxylic acids is 1. The number of pyridine rings is 1. The fourth-order valence-corrected chi connectivity index (χ4v) is 1.85. The van der Waals surface area contributed by atoms with Gasteiger partial charge in [-0.15, -0.1) is 0 Å². The smallest absolute Gasteiger partial charge is 0.276 e. The van der Waals surface area contributed by atoms with Crippen molar-refractivity contribution in [2.24, 2.45) is 11.8 Å². The molecule has 3 rings (SSSR count). The first-order valence-corrected chi connectivity index (χ1v) is 6.73. The Kier molecular flexibility index (Phi) is 1.64. The summed E-state index contributed by atoms with van der Waals surface area (Å²) in [5.41, 5.74) is -1.14. The zero-order valence-corrected chi connectivity index (χ0v) is 12.0. The van der Waals surface area contributed by atoms with E-state index in [-0.39, 0.29) is 12.3 Å². The molecule has 120 valence electrons. The average molecular weight is 318 g/mol. The van der Waals surface area contributed by atoms with Crippen LogP contribution in [0.1, 0.15) is 60.1 Å². The molecule has 1 aromatic rings. The lowest BCUT2D eigenvalue weighted by molar-refractivity contribution is 0.0476. The van der Waals surface area contributed by atoms with E-state index < -0.39 is 77.9 Å². The van der Waals surface area contributed by atoms with Crippen molar-refractivity contribution in [2.45, 2.75) is 39.0 Å². The van der Waals surface area contributed by atoms with Crippen molar-refractivity contribution in [3.63, 3.8) is 0 Å². The Labute approximate surface area is 151 Å². The molecule has 1 aliphatic carbocycles. The van der Waals surface area contributed by atoms with Gasteiger partial charge in [0.05, 0.1) is 26.0 Å². The number of aromatic nitrogens is 1. The highest BCUT2D eigenvalue weighted by Gasteiger charge is 2.47. The highest BCUT2D eigenvalue weighted by Crippen LogP contribution is 2.47. The van der Waals surface area contributed by atoms with Crippen molar-refractivity contribution < 1.29 is 32.5 Å². The van der Waals surface area contributed by atoms with Crippen LogP contribution in [-0.4, -0.2) is 48.0 Å². The molecule has 1 N–H and O–H groups in total. The van der Waals surface area contributed by atoms with Crippen LogP contribution in [0.5, 0.6) is 5.75 Å². The van der Waals surface area contributed by atoms with Crippen molar-refractivity contribution >= 4 is 5.91 Å². The van der Waals surface area contributed by atoms with Gasteiger partial charge in [-0.3, -0.25) is 4.79 Å². The van der Waals surface area contributed by atoms with Gasteiger partial charge in [-0.25, -0.2) is 4.98 Å². The van der Waals surface area contributed by atoms with Gasteiger partial charge in [-0.2, -0.15) is 0 Å². The highest BCUT2D eigenvalue weighted by atomic mass is 16.5. The lowest BCUT2D eigenvalue weighted by Crippen LogP contribution is -2.47. The molecule has 5 heteroatoms. The predicted octanol–water partition coefficient (Wildman–Crippen LogP) is 2.02. The SMILES string of the molecule is [2H]OC([2H])([2H])[C@@]1([2H])N(C(=O)c2nc(C)c([2H])c([2H])c2OCCC)C([2H])([2H])[C@]2([2H])C([2H])([2H])[C@]2([2H])C1([2H])[2H]. The summed E-state index contributed by atoms with van der Waals surface area (Å²) in [5, 5.41) is 3.91. The first-order chi connectivity index (χ1) is 16.1. The summed E-state index contributed by atoms with van der Waals surface area (Å²) in [4.78, 5) is 17.3. The fraction of sp³-hybridized carbons (Fsp3) is 0.647. The van der Waals surface area contributed by atoms with Gasteiger partial charge >= 0.3 is 0 Å². The number of aryl methyl sites for hydroxylation is 1. The van der Waals surface area contributed by atoms with Crippen molar-refractivity contribution in [2.75, 3.05) is 19.7 Å². The zero-order chi connectivity index (χ0) is 28.1. The summed E-state index contributed by atoms with van der Waals surface area (Å²) in [5.74, 6) is -9.19. The molecule has 0 aromatic carbocycles. The Balaban J connectivity index is 2.42. The van der Waals surface area contributed by atoms with E-state index in [0.29, 0.717) is 6.42 Å². The number of likely N-dealkylation sites (tertiary alicyclic amines) is 1. The molecule has 22 heavy (non-hydrogen) atoms. The predicted molar refractivity (Wildman–Crippen MR) is 82.9 cm³/mol. The molecule has 0 spiro atoms. The third-order valence-electron chi connectivity index (χ3n) is 2.93. The molecule has 1 aromatic heterocycles. The molecule has 0 bridgehead atoms. The van der Waals surface area contributed by atoms with Crippen LogP contribution in [0.2, 0.25) is 0 Å². The quantitative estimate of drug-likeness (QED) is 0.871. The standard InChI is InChI=1S/C17H24N2O3/c1-3-6-22-15-5-4-11(2)18-16(15)17(21)19-9-13-7-12(13)8-14(19)10-20/h4-5,12-14,20H,3,6-10H2,1-2H3/t12-,13+,14+/m1/s1/i4D,5D,7D2,8D2,9D2,10D2,12D,13D,14D,20D. The average Bonchev–Trinajstić information content (AvgIpc) is 3.17. The van der Waals surface area contributed by atoms with E-state index in [1.165, 1.54) is 6.92 Å². The van der Waals surface area contributed by atoms with E-state index in [4.69, 9.17) is 24.0 Å². The van der Waals surface area contributed by atoms with Crippen LogP contribution in [0.4, 0.5) is 0 Å². The van der Waals surface area contributed by atoms with Gasteiger partial charge < -0.3 is 14.7 Å². The zero-order valence-electron chi connectivity index (χ0n) is 26.0. The fourth-order valence-electron chi connectivity index (χ4n) is 1.85. The molecular formula is C17H24N2O3. The van der Waals surface area contributed by atoms with Gasteiger partial charge in [0, 0.05) is 23.2 Å². The summed E-state index contributed by atoms with van der Waals surface area (Å²) in [6, 6.07) is -5.08. The molecule has 1 aliphatic heterocycles. The largest absolute Gasteiger partial charge is 0.491 e. The molecule has 0 radical (unpaired) electrons. The van der Waals surface area contributed by atoms with E-state index in [1.807, 2.05) is 0 Å². The van der Waals surface area contributed by atoms with E-state index >= 15 is 0 Å². The van der Waals surface area contributed by atoms with Gasteiger partial charge in [-0.1, -0.05) is 6.92 Å². The van der Waals surface area contributed by atoms with E-state index in [2.05, 4.69) is 10.1 Å². The summed E-state index contributed by atoms with van der Waals surface area (Å²) < 4.78 is 121. The van der Waals surface area contributed by atoms with E-state index in [0.717, 1.165) is 0 Å². The second-order valence-corrected chi connectivity index (χ2v) is 4.68. The summed E-state index contributed by atoms with van der Waals surface area (Å²) in [7, 11) is 0. The molecular weight excluding hydrogens is 280 g/mol. The van der Waals surface area contributed by atoms with Crippen molar-refractivity contribution in [1.82, 2.24) is 9.88 Å². The Morgan fingerprint density at radius 3 is 3.32 bits per heavy atom. The minimum absolute atomic E-state index is 0.104. The van der Waals surface area contributed by atoms with Gasteiger partial charge in [0.1, 0.15) is 0 Å². The number of piperidine rings is 1. The molecule has 2 heterocycles. The summed E-state index contributed by atoms with van der Waals surface area (Å²) in [6.45, 7) is -4.81. The van der Waals surface area contributed by atoms with Crippen LogP contribution < -0.4 is 4.74 Å². The molecule has 2 fully saturated rings. The van der Waals surface area contributed by atoms with Crippen LogP contribution in [0, 0.1) is 18.7 Å². The van der Waals surface area contributed by atoms with Crippen LogP contribution in [0.25, 0.3) is 0 Å². The maximum absolute atomic E-state index is 13.9. The van der Waals surface area contributed by atoms with Gasteiger partial charge in [0.2, 0.25) is 1.43 Å². The van der Waals surface area contributed by atoms with Crippen molar-refractivity contribution in [3.05, 3.63) is 23.5 Å². The van der Waals surface area contributed by atoms with Crippen LogP contribution in [-0.2, 0) is 0 Å². The number of rotatable bonds is 6. The van der Waals surface area contributed by atoms with E-state index in [9.17, 15) is 4.79 Å². The first-order valence-electron chi connectivity index (χ1n) is 13.6. The summed E-state index contributed by atoms with van der Waals surface area (Å²) >= 11 is 0. The normalized spacial score (nSPS) is 53.3. The van der Waals surface area contributed by atoms with Crippen molar-refractivity contribution in [3.8, 4) is 5.75 Å². The third-order valence-corrected chi connectivity index (χ3v) is 2.93. The molecule has 3 atom stereocenters. The molecule has 0 unspecified atom stereocenters. The lowest BCUT2D eigenvalue weighted by atomic mass is 10.0. The monoisotopic (exact) mass is 318 g/mol. The number of fused-ring (bicyclic) bond motifs is 1. The maximum Gasteiger partial charge on any atom is 0.276 e. The molecule has 1 amide bonds. The minimum Gasteiger partial charge on any atom is -0.491 e. The van der Waals surface area contributed by atoms with E-state index in [1.54, 1.807) is 6.92 Å². The minimum atomic E-state index is -3.96. The number of hydrogen-bond donors (Lipinski definition) is 1. The number of amides is 1. The lowest BCUT2D eigenvalue weighted by Gasteiger charge is -2.34. The molecule has 2 aliphatic rings. The van der Waals surface area contributed by atoms with Crippen LogP contribution in [0.3, 0.4) is 0 Å². The first kappa shape index (κ1) is 5.78. The number of aliphatic hydroxyl groups is 1. The van der Waals surface area contributed by atoms with Gasteiger partial charge in [0.25, 0.3) is 5.91 Å². The maximum atomic E-state index is 13.9. The third kappa shape index (κ3) is 2.95. The number of ether oxygens (including phenoxy) is 1. The molecule has 1 saturated carbocycles. The second-order valence-electron chi connectivity index (χ2n) is 4.68. The summed E-state index contributed by atoms with van der Waals surface area (Å²) in [6.07, 6.45) is -6.81. The topological polar surface area (TPSA) is 62.7 Å². The Morgan fingerprint density at radius 2 is 2.55 bits per heavy atom. The van der Waals surface area contributed by atoms with Gasteiger partial charge in [0.15, 0.2) is 11.4 Å². The van der Waals surface area contributed by atoms with Crippen LogP contribution >= 0.6 is 0 Å². The van der Waals surface area contributed by atoms with Crippen molar-refractivity contribution in [1.29, 1.82) is 1.43 Å². The molecule has 1 saturated heterocycles. The Bertz CT molecular complexity index is 1120. The van der Waals surface area contributed by atoms with Crippen LogP contribution in [0.15, 0.2) is 12.1 Å². The highest BCUT2D eigenvalue weighted by molar-refractivity contribution is 5.95.